The fraction of sp³-hybridized carbons (Fsp3) is 0.481. The Kier molecular flexibility index (Phi) is 8.06. The van der Waals surface area contributed by atoms with Gasteiger partial charge in [-0.15, -0.1) is 11.3 Å². The van der Waals surface area contributed by atoms with Gasteiger partial charge in [0, 0.05) is 43.5 Å². The normalized spacial score (nSPS) is 20.2. The lowest BCUT2D eigenvalue weighted by molar-refractivity contribution is -0.118. The number of amides is 1. The SMILES string of the molecule is Cc1nc2cc(OC[C@@H](O)CN3[C@H](C)CN(CC(=O)Nc4c(C)cccc4C)C[C@@H]3C)ccc2s1. The summed E-state index contributed by atoms with van der Waals surface area (Å²) in [6.07, 6.45) is -0.605. The molecule has 3 atom stereocenters. The molecular weight excluding hydrogens is 460 g/mol. The Balaban J connectivity index is 1.26. The van der Waals surface area contributed by atoms with E-state index in [1.54, 1.807) is 11.3 Å². The molecule has 0 aliphatic carbocycles. The van der Waals surface area contributed by atoms with Crippen molar-refractivity contribution in [2.24, 2.45) is 0 Å². The number of carbonyl (C=O) groups is 1. The van der Waals surface area contributed by atoms with Gasteiger partial charge in [0.15, 0.2) is 0 Å². The molecule has 1 aromatic heterocycles. The first-order valence-electron chi connectivity index (χ1n) is 12.2. The highest BCUT2D eigenvalue weighted by Gasteiger charge is 2.31. The number of benzene rings is 2. The molecule has 3 aromatic rings. The number of aliphatic hydroxyl groups is 1. The number of thiazole rings is 1. The van der Waals surface area contributed by atoms with Crippen LogP contribution in [0.15, 0.2) is 36.4 Å². The van der Waals surface area contributed by atoms with Crippen LogP contribution in [0.2, 0.25) is 0 Å². The van der Waals surface area contributed by atoms with Crippen molar-refractivity contribution in [2.45, 2.75) is 52.8 Å². The highest BCUT2D eigenvalue weighted by Crippen LogP contribution is 2.26. The number of nitrogens with zero attached hydrogens (tertiary/aromatic N) is 3. The van der Waals surface area contributed by atoms with Crippen LogP contribution in [0.3, 0.4) is 0 Å². The summed E-state index contributed by atoms with van der Waals surface area (Å²) in [7, 11) is 0. The first-order chi connectivity index (χ1) is 16.7. The van der Waals surface area contributed by atoms with E-state index < -0.39 is 6.10 Å². The largest absolute Gasteiger partial charge is 0.491 e. The minimum atomic E-state index is -0.605. The molecule has 188 valence electrons. The van der Waals surface area contributed by atoms with Gasteiger partial charge in [0.1, 0.15) is 18.5 Å². The van der Waals surface area contributed by atoms with Gasteiger partial charge in [-0.1, -0.05) is 18.2 Å². The van der Waals surface area contributed by atoms with Gasteiger partial charge in [0.25, 0.3) is 0 Å². The second-order valence-electron chi connectivity index (χ2n) is 9.73. The fourth-order valence-electron chi connectivity index (χ4n) is 4.95. The van der Waals surface area contributed by atoms with Crippen LogP contribution in [0, 0.1) is 20.8 Å². The number of para-hydroxylation sites is 1. The Morgan fingerprint density at radius 1 is 1.17 bits per heavy atom. The molecule has 4 rings (SSSR count). The highest BCUT2D eigenvalue weighted by atomic mass is 32.1. The molecule has 7 nitrogen and oxygen atoms in total. The summed E-state index contributed by atoms with van der Waals surface area (Å²) in [5.41, 5.74) is 3.98. The molecule has 8 heteroatoms. The van der Waals surface area contributed by atoms with E-state index in [-0.39, 0.29) is 24.6 Å². The predicted molar refractivity (Wildman–Crippen MR) is 142 cm³/mol. The number of hydrogen-bond acceptors (Lipinski definition) is 7. The van der Waals surface area contributed by atoms with Gasteiger partial charge in [-0.25, -0.2) is 4.98 Å². The Morgan fingerprint density at radius 2 is 1.86 bits per heavy atom. The van der Waals surface area contributed by atoms with E-state index in [4.69, 9.17) is 4.74 Å². The van der Waals surface area contributed by atoms with Gasteiger partial charge in [0.2, 0.25) is 5.91 Å². The van der Waals surface area contributed by atoms with Crippen molar-refractivity contribution in [3.05, 3.63) is 52.5 Å². The summed E-state index contributed by atoms with van der Waals surface area (Å²) in [5.74, 6) is 0.735. The Bertz CT molecular complexity index is 1150. The monoisotopic (exact) mass is 496 g/mol. The van der Waals surface area contributed by atoms with E-state index in [1.165, 1.54) is 0 Å². The summed E-state index contributed by atoms with van der Waals surface area (Å²) in [6.45, 7) is 13.0. The summed E-state index contributed by atoms with van der Waals surface area (Å²) in [5, 5.41) is 14.8. The summed E-state index contributed by atoms with van der Waals surface area (Å²) in [4.78, 5) is 21.7. The van der Waals surface area contributed by atoms with Crippen LogP contribution < -0.4 is 10.1 Å². The molecule has 0 bridgehead atoms. The Morgan fingerprint density at radius 3 is 2.54 bits per heavy atom. The number of aliphatic hydroxyl groups excluding tert-OH is 1. The number of fused-ring (bicyclic) bond motifs is 1. The quantitative estimate of drug-likeness (QED) is 0.491. The maximum Gasteiger partial charge on any atom is 0.238 e. The number of aromatic nitrogens is 1. The number of aryl methyl sites for hydroxylation is 3. The van der Waals surface area contributed by atoms with E-state index in [0.717, 1.165) is 50.9 Å². The number of rotatable bonds is 8. The van der Waals surface area contributed by atoms with Crippen LogP contribution in [0.4, 0.5) is 5.69 Å². The number of β-amino-alcohol motifs (C(OH)–C–C–N with tert-alkyl or cyclic N) is 1. The lowest BCUT2D eigenvalue weighted by atomic mass is 10.1. The number of nitrogens with one attached hydrogen (secondary N) is 1. The number of carbonyl (C=O) groups excluding carboxylic acids is 1. The van der Waals surface area contributed by atoms with Gasteiger partial charge >= 0.3 is 0 Å². The molecule has 1 aliphatic rings. The zero-order valence-corrected chi connectivity index (χ0v) is 22.1. The average Bonchev–Trinajstić information content (AvgIpc) is 3.16. The van der Waals surface area contributed by atoms with Crippen molar-refractivity contribution in [3.63, 3.8) is 0 Å². The molecule has 2 N–H and O–H groups in total. The number of anilines is 1. The third-order valence-corrected chi connectivity index (χ3v) is 7.57. The van der Waals surface area contributed by atoms with Gasteiger partial charge < -0.3 is 15.2 Å². The van der Waals surface area contributed by atoms with Crippen molar-refractivity contribution in [1.82, 2.24) is 14.8 Å². The van der Waals surface area contributed by atoms with Crippen molar-refractivity contribution < 1.29 is 14.6 Å². The van der Waals surface area contributed by atoms with Crippen LogP contribution >= 0.6 is 11.3 Å². The minimum absolute atomic E-state index is 0.0101. The van der Waals surface area contributed by atoms with Crippen molar-refractivity contribution >= 4 is 33.1 Å². The zero-order valence-electron chi connectivity index (χ0n) is 21.2. The van der Waals surface area contributed by atoms with Crippen molar-refractivity contribution in [3.8, 4) is 5.75 Å². The molecule has 0 saturated carbocycles. The first-order valence-corrected chi connectivity index (χ1v) is 13.0. The zero-order chi connectivity index (χ0) is 25.1. The fourth-order valence-corrected chi connectivity index (χ4v) is 5.76. The lowest BCUT2D eigenvalue weighted by Crippen LogP contribution is -2.59. The van der Waals surface area contributed by atoms with Gasteiger partial charge in [-0.2, -0.15) is 0 Å². The van der Waals surface area contributed by atoms with Gasteiger partial charge in [-0.3, -0.25) is 14.6 Å². The second-order valence-corrected chi connectivity index (χ2v) is 11.0. The van der Waals surface area contributed by atoms with Gasteiger partial charge in [0.05, 0.1) is 21.8 Å². The third kappa shape index (κ3) is 6.38. The first kappa shape index (κ1) is 25.6. The predicted octanol–water partition coefficient (Wildman–Crippen LogP) is 3.99. The van der Waals surface area contributed by atoms with E-state index in [1.807, 2.05) is 57.2 Å². The average molecular weight is 497 g/mol. The topological polar surface area (TPSA) is 77.9 Å². The molecule has 2 heterocycles. The molecule has 0 spiro atoms. The second kappa shape index (κ2) is 11.0. The van der Waals surface area contributed by atoms with Crippen molar-refractivity contribution in [1.29, 1.82) is 0 Å². The van der Waals surface area contributed by atoms with E-state index in [0.29, 0.717) is 13.1 Å². The smallest absolute Gasteiger partial charge is 0.238 e. The van der Waals surface area contributed by atoms with Crippen LogP contribution in [-0.2, 0) is 4.79 Å². The van der Waals surface area contributed by atoms with E-state index in [2.05, 4.69) is 33.9 Å². The number of ether oxygens (including phenoxy) is 1. The molecule has 1 fully saturated rings. The molecule has 1 aliphatic heterocycles. The summed E-state index contributed by atoms with van der Waals surface area (Å²) >= 11 is 1.66. The molecule has 35 heavy (non-hydrogen) atoms. The highest BCUT2D eigenvalue weighted by molar-refractivity contribution is 7.18. The summed E-state index contributed by atoms with van der Waals surface area (Å²) < 4.78 is 7.01. The molecule has 1 amide bonds. The van der Waals surface area contributed by atoms with Crippen LogP contribution in [-0.4, -0.2) is 76.8 Å². The maximum absolute atomic E-state index is 12.7. The van der Waals surface area contributed by atoms with Gasteiger partial charge in [-0.05, 0) is 57.9 Å². The van der Waals surface area contributed by atoms with E-state index in [9.17, 15) is 9.90 Å². The number of hydrogen-bond donors (Lipinski definition) is 2. The molecule has 1 saturated heterocycles. The van der Waals surface area contributed by atoms with Crippen molar-refractivity contribution in [2.75, 3.05) is 38.1 Å². The summed E-state index contributed by atoms with van der Waals surface area (Å²) in [6, 6.07) is 12.3. The third-order valence-electron chi connectivity index (χ3n) is 6.62. The van der Waals surface area contributed by atoms with Crippen LogP contribution in [0.5, 0.6) is 5.75 Å². The molecule has 0 radical (unpaired) electrons. The van der Waals surface area contributed by atoms with Crippen LogP contribution in [0.25, 0.3) is 10.2 Å². The molecule has 2 aromatic carbocycles. The Hall–Kier alpha value is -2.52. The maximum atomic E-state index is 12.7. The van der Waals surface area contributed by atoms with E-state index >= 15 is 0 Å². The van der Waals surface area contributed by atoms with Crippen LogP contribution in [0.1, 0.15) is 30.0 Å². The number of piperazine rings is 1. The minimum Gasteiger partial charge on any atom is -0.491 e. The lowest BCUT2D eigenvalue weighted by Gasteiger charge is -2.45. The standard InChI is InChI=1S/C27H36N4O3S/c1-17-7-6-8-18(2)27(17)29-26(33)15-30-12-19(3)31(20(4)13-30)14-22(32)16-34-23-9-10-25-24(11-23)28-21(5)35-25/h6-11,19-20,22,32H,12-16H2,1-5H3,(H,29,33)/t19-,20+,22-/m0/s1. The molecular formula is C27H36N4O3S. The molecule has 0 unspecified atom stereocenters. The Labute approximate surface area is 211 Å².